The highest BCUT2D eigenvalue weighted by atomic mass is 32.1. The number of nitrogens with one attached hydrogen (secondary N) is 1. The fourth-order valence-electron chi connectivity index (χ4n) is 2.43. The van der Waals surface area contributed by atoms with E-state index in [2.05, 4.69) is 10.3 Å². The van der Waals surface area contributed by atoms with E-state index >= 15 is 0 Å². The molecule has 27 heavy (non-hydrogen) atoms. The van der Waals surface area contributed by atoms with Gasteiger partial charge in [-0.1, -0.05) is 6.07 Å². The van der Waals surface area contributed by atoms with Crippen LogP contribution in [-0.2, 0) is 6.61 Å². The van der Waals surface area contributed by atoms with Crippen molar-refractivity contribution in [2.75, 3.05) is 11.9 Å². The molecule has 0 aliphatic heterocycles. The van der Waals surface area contributed by atoms with Crippen molar-refractivity contribution in [3.8, 4) is 11.5 Å². The van der Waals surface area contributed by atoms with E-state index in [-0.39, 0.29) is 11.7 Å². The third-order valence-electron chi connectivity index (χ3n) is 3.64. The normalized spacial score (nSPS) is 10.5. The Morgan fingerprint density at radius 3 is 2.81 bits per heavy atom. The van der Waals surface area contributed by atoms with E-state index < -0.39 is 5.82 Å². The van der Waals surface area contributed by atoms with Gasteiger partial charge >= 0.3 is 0 Å². The number of thiazole rings is 1. The second kappa shape index (κ2) is 8.64. The number of benzene rings is 2. The molecule has 1 amide bonds. The molecule has 1 heterocycles. The van der Waals surface area contributed by atoms with E-state index in [1.54, 1.807) is 42.5 Å². The predicted molar refractivity (Wildman–Crippen MR) is 103 cm³/mol. The molecule has 0 radical (unpaired) electrons. The maximum atomic E-state index is 13.4. The molecular formula is C20H19FN2O3S. The highest BCUT2D eigenvalue weighted by Gasteiger charge is 2.12. The second-order valence-electron chi connectivity index (χ2n) is 5.70. The average molecular weight is 386 g/mol. The van der Waals surface area contributed by atoms with Gasteiger partial charge in [0.25, 0.3) is 5.91 Å². The standard InChI is InChI=1S/C20H19FN2O3S/c1-3-25-19-10-15(21)7-8-18(19)23-20(24)14-5-4-6-17(9-14)26-11-16-12-27-13(2)22-16/h4-10,12H,3,11H2,1-2H3,(H,23,24). The van der Waals surface area contributed by atoms with Gasteiger partial charge in [0, 0.05) is 17.0 Å². The molecule has 0 atom stereocenters. The van der Waals surface area contributed by atoms with E-state index in [0.29, 0.717) is 30.2 Å². The first-order chi connectivity index (χ1) is 13.0. The molecule has 0 saturated heterocycles. The molecule has 0 saturated carbocycles. The van der Waals surface area contributed by atoms with Crippen LogP contribution in [0.2, 0.25) is 0 Å². The van der Waals surface area contributed by atoms with Crippen LogP contribution in [0, 0.1) is 12.7 Å². The molecule has 7 heteroatoms. The highest BCUT2D eigenvalue weighted by Crippen LogP contribution is 2.26. The molecule has 3 aromatic rings. The minimum atomic E-state index is -0.427. The molecule has 5 nitrogen and oxygen atoms in total. The van der Waals surface area contributed by atoms with Crippen molar-refractivity contribution in [3.63, 3.8) is 0 Å². The maximum absolute atomic E-state index is 13.4. The quantitative estimate of drug-likeness (QED) is 0.632. The Morgan fingerprint density at radius 1 is 1.22 bits per heavy atom. The van der Waals surface area contributed by atoms with Crippen LogP contribution in [0.1, 0.15) is 28.0 Å². The van der Waals surface area contributed by atoms with Crippen LogP contribution in [0.25, 0.3) is 0 Å². The molecule has 0 aliphatic rings. The van der Waals surface area contributed by atoms with Gasteiger partial charge < -0.3 is 14.8 Å². The summed E-state index contributed by atoms with van der Waals surface area (Å²) in [5.41, 5.74) is 1.68. The summed E-state index contributed by atoms with van der Waals surface area (Å²) in [6.45, 7) is 4.43. The van der Waals surface area contributed by atoms with E-state index in [4.69, 9.17) is 9.47 Å². The Bertz CT molecular complexity index is 942. The zero-order chi connectivity index (χ0) is 19.2. The lowest BCUT2D eigenvalue weighted by atomic mass is 10.2. The number of hydrogen-bond donors (Lipinski definition) is 1. The lowest BCUT2D eigenvalue weighted by Gasteiger charge is -2.12. The molecule has 1 N–H and O–H groups in total. The van der Waals surface area contributed by atoms with Gasteiger partial charge in [-0.15, -0.1) is 11.3 Å². The van der Waals surface area contributed by atoms with Crippen LogP contribution >= 0.6 is 11.3 Å². The summed E-state index contributed by atoms with van der Waals surface area (Å²) in [5, 5.41) is 5.66. The number of ether oxygens (including phenoxy) is 2. The number of carbonyl (C=O) groups is 1. The van der Waals surface area contributed by atoms with E-state index in [9.17, 15) is 9.18 Å². The van der Waals surface area contributed by atoms with Crippen molar-refractivity contribution in [1.82, 2.24) is 4.98 Å². The van der Waals surface area contributed by atoms with Gasteiger partial charge in [0.05, 0.1) is 23.0 Å². The number of aryl methyl sites for hydroxylation is 1. The Kier molecular flexibility index (Phi) is 6.03. The fourth-order valence-corrected chi connectivity index (χ4v) is 3.03. The molecule has 140 valence electrons. The summed E-state index contributed by atoms with van der Waals surface area (Å²) in [5.74, 6) is 0.0937. The average Bonchev–Trinajstić information content (AvgIpc) is 3.08. The molecule has 3 rings (SSSR count). The number of anilines is 1. The maximum Gasteiger partial charge on any atom is 0.255 e. The van der Waals surface area contributed by atoms with Crippen molar-refractivity contribution in [3.05, 3.63) is 69.9 Å². The Hall–Kier alpha value is -2.93. The summed E-state index contributed by atoms with van der Waals surface area (Å²) in [7, 11) is 0. The number of carbonyl (C=O) groups excluding carboxylic acids is 1. The molecule has 0 unspecified atom stereocenters. The van der Waals surface area contributed by atoms with Crippen molar-refractivity contribution in [2.45, 2.75) is 20.5 Å². The van der Waals surface area contributed by atoms with Crippen LogP contribution in [0.3, 0.4) is 0 Å². The minimum absolute atomic E-state index is 0.289. The topological polar surface area (TPSA) is 60.5 Å². The van der Waals surface area contributed by atoms with Crippen LogP contribution in [0.5, 0.6) is 11.5 Å². The third-order valence-corrected chi connectivity index (χ3v) is 4.46. The summed E-state index contributed by atoms with van der Waals surface area (Å²) in [6, 6.07) is 10.8. The number of nitrogens with zero attached hydrogens (tertiary/aromatic N) is 1. The SMILES string of the molecule is CCOc1cc(F)ccc1NC(=O)c1cccc(OCc2csc(C)n2)c1. The van der Waals surface area contributed by atoms with Crippen LogP contribution in [-0.4, -0.2) is 17.5 Å². The van der Waals surface area contributed by atoms with Gasteiger partial charge in [0.2, 0.25) is 0 Å². The lowest BCUT2D eigenvalue weighted by molar-refractivity contribution is 0.102. The van der Waals surface area contributed by atoms with Gasteiger partial charge in [0.1, 0.15) is 23.9 Å². The Morgan fingerprint density at radius 2 is 2.07 bits per heavy atom. The first-order valence-electron chi connectivity index (χ1n) is 8.42. The van der Waals surface area contributed by atoms with E-state index in [0.717, 1.165) is 10.7 Å². The van der Waals surface area contributed by atoms with Gasteiger partial charge in [0.15, 0.2) is 0 Å². The summed E-state index contributed by atoms with van der Waals surface area (Å²) in [4.78, 5) is 16.9. The van der Waals surface area contributed by atoms with Crippen LogP contribution in [0.4, 0.5) is 10.1 Å². The predicted octanol–water partition coefficient (Wildman–Crippen LogP) is 4.82. The monoisotopic (exact) mass is 386 g/mol. The first-order valence-corrected chi connectivity index (χ1v) is 9.30. The van der Waals surface area contributed by atoms with Crippen LogP contribution < -0.4 is 14.8 Å². The number of halogens is 1. The number of rotatable bonds is 7. The van der Waals surface area contributed by atoms with Gasteiger partial charge in [-0.3, -0.25) is 4.79 Å². The lowest BCUT2D eigenvalue weighted by Crippen LogP contribution is -2.13. The summed E-state index contributed by atoms with van der Waals surface area (Å²) >= 11 is 1.56. The van der Waals surface area contributed by atoms with E-state index in [1.165, 1.54) is 18.2 Å². The summed E-state index contributed by atoms with van der Waals surface area (Å²) < 4.78 is 24.5. The molecule has 0 aliphatic carbocycles. The molecule has 1 aromatic heterocycles. The van der Waals surface area contributed by atoms with Gasteiger partial charge in [-0.25, -0.2) is 9.37 Å². The van der Waals surface area contributed by atoms with Crippen molar-refractivity contribution >= 4 is 22.9 Å². The zero-order valence-corrected chi connectivity index (χ0v) is 15.8. The van der Waals surface area contributed by atoms with Gasteiger partial charge in [-0.2, -0.15) is 0 Å². The molecular weight excluding hydrogens is 367 g/mol. The Labute approximate surface area is 160 Å². The number of aromatic nitrogens is 1. The van der Waals surface area contributed by atoms with Crippen molar-refractivity contribution < 1.29 is 18.7 Å². The third kappa shape index (κ3) is 5.04. The smallest absolute Gasteiger partial charge is 0.255 e. The molecule has 2 aromatic carbocycles. The second-order valence-corrected chi connectivity index (χ2v) is 6.76. The number of amides is 1. The highest BCUT2D eigenvalue weighted by molar-refractivity contribution is 7.09. The Balaban J connectivity index is 1.70. The van der Waals surface area contributed by atoms with Crippen molar-refractivity contribution in [2.24, 2.45) is 0 Å². The molecule has 0 fully saturated rings. The summed E-state index contributed by atoms with van der Waals surface area (Å²) in [6.07, 6.45) is 0. The first kappa shape index (κ1) is 18.8. The fraction of sp³-hybridized carbons (Fsp3) is 0.200. The zero-order valence-electron chi connectivity index (χ0n) is 15.0. The van der Waals surface area contributed by atoms with E-state index in [1.807, 2.05) is 12.3 Å². The molecule has 0 bridgehead atoms. The molecule has 0 spiro atoms. The van der Waals surface area contributed by atoms with Crippen LogP contribution in [0.15, 0.2) is 47.8 Å². The minimum Gasteiger partial charge on any atom is -0.492 e. The largest absolute Gasteiger partial charge is 0.492 e. The number of hydrogen-bond acceptors (Lipinski definition) is 5. The van der Waals surface area contributed by atoms with Gasteiger partial charge in [-0.05, 0) is 44.2 Å². The van der Waals surface area contributed by atoms with Crippen molar-refractivity contribution in [1.29, 1.82) is 0 Å².